The summed E-state index contributed by atoms with van der Waals surface area (Å²) in [5.74, 6) is 2.59. The second-order valence-corrected chi connectivity index (χ2v) is 4.25. The minimum Gasteiger partial charge on any atom is -0.185 e. The number of rotatable bonds is 4. The number of nitrogens with zero attached hydrogens (tertiary/aromatic N) is 1. The van der Waals surface area contributed by atoms with E-state index in [2.05, 4.69) is 26.3 Å². The van der Waals surface area contributed by atoms with E-state index in [0.717, 1.165) is 18.2 Å². The lowest BCUT2D eigenvalue weighted by molar-refractivity contribution is 0.452. The van der Waals surface area contributed by atoms with Crippen molar-refractivity contribution in [2.75, 3.05) is 0 Å². The molecule has 0 saturated carbocycles. The van der Waals surface area contributed by atoms with Gasteiger partial charge in [0.05, 0.1) is 5.25 Å². The van der Waals surface area contributed by atoms with Crippen molar-refractivity contribution in [3.63, 3.8) is 0 Å². The summed E-state index contributed by atoms with van der Waals surface area (Å²) in [5, 5.41) is 10.4. The van der Waals surface area contributed by atoms with Crippen LogP contribution in [-0.4, -0.2) is 5.25 Å². The van der Waals surface area contributed by atoms with Crippen molar-refractivity contribution in [2.24, 2.45) is 5.41 Å². The molecule has 0 aromatic heterocycles. The van der Waals surface area contributed by atoms with Crippen LogP contribution in [0.15, 0.2) is 12.7 Å². The molecule has 0 aliphatic rings. The van der Waals surface area contributed by atoms with Crippen LogP contribution in [0.2, 0.25) is 0 Å². The highest BCUT2D eigenvalue weighted by Gasteiger charge is 2.18. The Labute approximate surface area is 78.8 Å². The minimum absolute atomic E-state index is 0.0148. The van der Waals surface area contributed by atoms with Gasteiger partial charge in [0, 0.05) is 0 Å². The van der Waals surface area contributed by atoms with Crippen LogP contribution in [0.1, 0.15) is 20.3 Å². The molecule has 1 atom stereocenters. The number of thiocyanates is 1. The van der Waals surface area contributed by atoms with E-state index in [1.807, 2.05) is 11.5 Å². The lowest BCUT2D eigenvalue weighted by Crippen LogP contribution is -2.14. The second kappa shape index (κ2) is 4.91. The molecule has 0 amide bonds. The molecule has 1 nitrogen and oxygen atoms in total. The maximum Gasteiger partial charge on any atom is 0.134 e. The van der Waals surface area contributed by atoms with Gasteiger partial charge in [0.2, 0.25) is 0 Å². The third kappa shape index (κ3) is 4.11. The van der Waals surface area contributed by atoms with Crippen LogP contribution >= 0.6 is 11.8 Å². The zero-order valence-electron chi connectivity index (χ0n) is 7.50. The Hall–Kier alpha value is -0.860. The standard InChI is InChI=1S/C10H13NS/c1-5-9(12-8-11)7-10(3,4)6-2/h1,6,9H,2,7H2,3-4H3. The van der Waals surface area contributed by atoms with Crippen LogP contribution < -0.4 is 0 Å². The number of allylic oxidation sites excluding steroid dienone is 1. The van der Waals surface area contributed by atoms with E-state index >= 15 is 0 Å². The summed E-state index contributed by atoms with van der Waals surface area (Å²) in [6.07, 6.45) is 7.93. The van der Waals surface area contributed by atoms with Gasteiger partial charge in [0.25, 0.3) is 0 Å². The summed E-state index contributed by atoms with van der Waals surface area (Å²) in [5.41, 5.74) is 0.0148. The van der Waals surface area contributed by atoms with Gasteiger partial charge in [-0.1, -0.05) is 25.8 Å². The Balaban J connectivity index is 4.15. The molecule has 0 spiro atoms. The Morgan fingerprint density at radius 1 is 1.75 bits per heavy atom. The minimum atomic E-state index is -0.0250. The molecule has 12 heavy (non-hydrogen) atoms. The molecule has 0 aromatic carbocycles. The first kappa shape index (κ1) is 11.1. The molecule has 0 aliphatic carbocycles. The van der Waals surface area contributed by atoms with E-state index in [4.69, 9.17) is 11.7 Å². The SMILES string of the molecule is C#CC(CC(C)(C)C=C)SC#N. The smallest absolute Gasteiger partial charge is 0.134 e. The Morgan fingerprint density at radius 3 is 2.67 bits per heavy atom. The molecular weight excluding hydrogens is 166 g/mol. The lowest BCUT2D eigenvalue weighted by Gasteiger charge is -2.21. The first-order valence-electron chi connectivity index (χ1n) is 3.70. The molecule has 0 aromatic rings. The predicted molar refractivity (Wildman–Crippen MR) is 54.4 cm³/mol. The topological polar surface area (TPSA) is 23.8 Å². The molecule has 0 radical (unpaired) electrons. The Bertz CT molecular complexity index is 229. The average molecular weight is 179 g/mol. The number of hydrogen-bond donors (Lipinski definition) is 0. The van der Waals surface area contributed by atoms with Gasteiger partial charge in [-0.15, -0.1) is 13.0 Å². The quantitative estimate of drug-likeness (QED) is 0.376. The van der Waals surface area contributed by atoms with Crippen LogP contribution in [0.3, 0.4) is 0 Å². The average Bonchev–Trinajstić information content (AvgIpc) is 2.03. The highest BCUT2D eigenvalue weighted by molar-refractivity contribution is 8.04. The number of nitriles is 1. The van der Waals surface area contributed by atoms with Crippen LogP contribution in [0.5, 0.6) is 0 Å². The lowest BCUT2D eigenvalue weighted by atomic mass is 9.88. The highest BCUT2D eigenvalue weighted by Crippen LogP contribution is 2.28. The summed E-state index contributed by atoms with van der Waals surface area (Å²) >= 11 is 1.14. The molecule has 0 aliphatic heterocycles. The van der Waals surface area contributed by atoms with Crippen molar-refractivity contribution in [1.82, 2.24) is 0 Å². The normalized spacial score (nSPS) is 12.7. The van der Waals surface area contributed by atoms with Gasteiger partial charge in [-0.2, -0.15) is 5.26 Å². The van der Waals surface area contributed by atoms with Gasteiger partial charge >= 0.3 is 0 Å². The third-order valence-corrected chi connectivity index (χ3v) is 2.34. The van der Waals surface area contributed by atoms with Gasteiger partial charge in [0.15, 0.2) is 0 Å². The van der Waals surface area contributed by atoms with Gasteiger partial charge in [-0.05, 0) is 23.6 Å². The van der Waals surface area contributed by atoms with Crippen LogP contribution in [0.4, 0.5) is 0 Å². The van der Waals surface area contributed by atoms with Gasteiger partial charge in [-0.3, -0.25) is 0 Å². The van der Waals surface area contributed by atoms with Crippen LogP contribution in [0.25, 0.3) is 0 Å². The fourth-order valence-corrected chi connectivity index (χ4v) is 1.47. The number of hydrogen-bond acceptors (Lipinski definition) is 2. The predicted octanol–water partition coefficient (Wildman–Crippen LogP) is 2.80. The van der Waals surface area contributed by atoms with E-state index in [1.54, 1.807) is 0 Å². The Kier molecular flexibility index (Phi) is 4.55. The molecule has 0 fully saturated rings. The maximum atomic E-state index is 8.43. The van der Waals surface area contributed by atoms with Gasteiger partial charge in [-0.25, -0.2) is 0 Å². The van der Waals surface area contributed by atoms with Crippen molar-refractivity contribution >= 4 is 11.8 Å². The molecule has 2 heteroatoms. The van der Waals surface area contributed by atoms with Crippen molar-refractivity contribution in [3.8, 4) is 17.7 Å². The third-order valence-electron chi connectivity index (χ3n) is 1.64. The number of terminal acetylenes is 1. The first-order chi connectivity index (χ1) is 5.55. The van der Waals surface area contributed by atoms with Crippen LogP contribution in [-0.2, 0) is 0 Å². The zero-order valence-corrected chi connectivity index (χ0v) is 8.32. The molecule has 0 saturated heterocycles. The van der Waals surface area contributed by atoms with Gasteiger partial charge < -0.3 is 0 Å². The van der Waals surface area contributed by atoms with Gasteiger partial charge in [0.1, 0.15) is 5.40 Å². The molecule has 64 valence electrons. The molecule has 0 N–H and O–H groups in total. The summed E-state index contributed by atoms with van der Waals surface area (Å²) < 4.78 is 0. The number of thioether (sulfide) groups is 1. The summed E-state index contributed by atoms with van der Waals surface area (Å²) in [6, 6.07) is 0. The molecule has 0 heterocycles. The largest absolute Gasteiger partial charge is 0.185 e. The van der Waals surface area contributed by atoms with E-state index in [9.17, 15) is 0 Å². The fraction of sp³-hybridized carbons (Fsp3) is 0.500. The van der Waals surface area contributed by atoms with Crippen LogP contribution in [0, 0.1) is 28.4 Å². The molecule has 0 rings (SSSR count). The summed E-state index contributed by atoms with van der Waals surface area (Å²) in [6.45, 7) is 7.83. The van der Waals surface area contributed by atoms with Crippen molar-refractivity contribution in [1.29, 1.82) is 5.26 Å². The maximum absolute atomic E-state index is 8.43. The monoisotopic (exact) mass is 179 g/mol. The molecule has 0 bridgehead atoms. The van der Waals surface area contributed by atoms with Crippen molar-refractivity contribution < 1.29 is 0 Å². The van der Waals surface area contributed by atoms with E-state index < -0.39 is 0 Å². The summed E-state index contributed by atoms with van der Waals surface area (Å²) in [7, 11) is 0. The van der Waals surface area contributed by atoms with E-state index in [0.29, 0.717) is 0 Å². The Morgan fingerprint density at radius 2 is 2.33 bits per heavy atom. The second-order valence-electron chi connectivity index (χ2n) is 3.26. The molecular formula is C10H13NS. The van der Waals surface area contributed by atoms with E-state index in [1.165, 1.54) is 0 Å². The van der Waals surface area contributed by atoms with Crippen molar-refractivity contribution in [2.45, 2.75) is 25.5 Å². The van der Waals surface area contributed by atoms with E-state index in [-0.39, 0.29) is 10.7 Å². The van der Waals surface area contributed by atoms with Crippen molar-refractivity contribution in [3.05, 3.63) is 12.7 Å². The fourth-order valence-electron chi connectivity index (χ4n) is 0.759. The molecule has 1 unspecified atom stereocenters. The zero-order chi connectivity index (χ0) is 9.61. The highest BCUT2D eigenvalue weighted by atomic mass is 32.2. The first-order valence-corrected chi connectivity index (χ1v) is 4.58. The summed E-state index contributed by atoms with van der Waals surface area (Å²) in [4.78, 5) is 0.